The van der Waals surface area contributed by atoms with Gasteiger partial charge in [0.25, 0.3) is 0 Å². The van der Waals surface area contributed by atoms with Gasteiger partial charge in [-0.3, -0.25) is 4.99 Å². The minimum Gasteiger partial charge on any atom is -0.383 e. The fourth-order valence-electron chi connectivity index (χ4n) is 7.08. The highest BCUT2D eigenvalue weighted by Crippen LogP contribution is 2.36. The average molecular weight is 644 g/mol. The molecule has 5 heteroatoms. The summed E-state index contributed by atoms with van der Waals surface area (Å²) in [6, 6.07) is 61.2. The highest BCUT2D eigenvalue weighted by molar-refractivity contribution is 6.12. The third kappa shape index (κ3) is 5.13. The number of nitrogens with two attached hydrogens (primary N) is 1. The topological polar surface area (TPSA) is 60.6 Å². The van der Waals surface area contributed by atoms with E-state index in [0.29, 0.717) is 5.84 Å². The van der Waals surface area contributed by atoms with Gasteiger partial charge in [-0.05, 0) is 59.7 Å². The SMILES string of the molecule is NC(=NC(N=Cc1ccc(-n2c3ccccc3c3cc(-n4c5ccccc5c5ccccc54)ccc32)cc1)c1ccccc1)c1ccccc1. The summed E-state index contributed by atoms with van der Waals surface area (Å²) < 4.78 is 4.73. The van der Waals surface area contributed by atoms with E-state index in [1.165, 1.54) is 32.6 Å². The van der Waals surface area contributed by atoms with Crippen molar-refractivity contribution >= 4 is 55.7 Å². The Morgan fingerprint density at radius 1 is 0.480 bits per heavy atom. The fraction of sp³-hybridized carbons (Fsp3) is 0.0222. The van der Waals surface area contributed by atoms with Crippen LogP contribution in [0.4, 0.5) is 0 Å². The van der Waals surface area contributed by atoms with Crippen molar-refractivity contribution in [1.82, 2.24) is 9.13 Å². The van der Waals surface area contributed by atoms with Crippen LogP contribution < -0.4 is 5.73 Å². The van der Waals surface area contributed by atoms with Crippen molar-refractivity contribution in [3.63, 3.8) is 0 Å². The van der Waals surface area contributed by atoms with E-state index < -0.39 is 6.17 Å². The van der Waals surface area contributed by atoms with E-state index in [4.69, 9.17) is 15.7 Å². The summed E-state index contributed by atoms with van der Waals surface area (Å²) in [5, 5.41) is 4.95. The quantitative estimate of drug-likeness (QED) is 0.136. The molecule has 0 aliphatic rings. The van der Waals surface area contributed by atoms with Crippen LogP contribution in [0.15, 0.2) is 186 Å². The van der Waals surface area contributed by atoms with Crippen molar-refractivity contribution in [3.8, 4) is 11.4 Å². The normalized spacial score (nSPS) is 12.8. The van der Waals surface area contributed by atoms with Crippen LogP contribution in [0.2, 0.25) is 0 Å². The van der Waals surface area contributed by atoms with E-state index in [9.17, 15) is 0 Å². The molecule has 9 aromatic rings. The highest BCUT2D eigenvalue weighted by atomic mass is 15.0. The second-order valence-corrected chi connectivity index (χ2v) is 12.5. The summed E-state index contributed by atoms with van der Waals surface area (Å²) in [6.45, 7) is 0. The first-order valence-corrected chi connectivity index (χ1v) is 16.8. The van der Waals surface area contributed by atoms with Gasteiger partial charge in [0.15, 0.2) is 6.17 Å². The Morgan fingerprint density at radius 2 is 0.960 bits per heavy atom. The van der Waals surface area contributed by atoms with Crippen molar-refractivity contribution in [2.45, 2.75) is 6.17 Å². The smallest absolute Gasteiger partial charge is 0.167 e. The third-order valence-electron chi connectivity index (χ3n) is 9.44. The first-order chi connectivity index (χ1) is 24.7. The van der Waals surface area contributed by atoms with E-state index in [2.05, 4.69) is 124 Å². The number of para-hydroxylation sites is 3. The lowest BCUT2D eigenvalue weighted by Crippen LogP contribution is -2.14. The van der Waals surface area contributed by atoms with E-state index >= 15 is 0 Å². The van der Waals surface area contributed by atoms with Crippen LogP contribution in [0.1, 0.15) is 22.9 Å². The molecule has 7 aromatic carbocycles. The van der Waals surface area contributed by atoms with Gasteiger partial charge in [0.1, 0.15) is 5.84 Å². The van der Waals surface area contributed by atoms with Crippen molar-refractivity contribution in [3.05, 3.63) is 193 Å². The van der Waals surface area contributed by atoms with Crippen LogP contribution in [-0.2, 0) is 0 Å². The average Bonchev–Trinajstić information content (AvgIpc) is 3.70. The number of aliphatic imine (C=N–C) groups is 2. The van der Waals surface area contributed by atoms with Crippen LogP contribution in [0.3, 0.4) is 0 Å². The number of amidine groups is 1. The molecule has 238 valence electrons. The third-order valence-corrected chi connectivity index (χ3v) is 9.44. The lowest BCUT2D eigenvalue weighted by molar-refractivity contribution is 0.781. The largest absolute Gasteiger partial charge is 0.383 e. The molecule has 0 saturated carbocycles. The van der Waals surface area contributed by atoms with Crippen LogP contribution >= 0.6 is 0 Å². The Kier molecular flexibility index (Phi) is 7.29. The van der Waals surface area contributed by atoms with E-state index in [-0.39, 0.29) is 0 Å². The molecular formula is C45H33N5. The fourth-order valence-corrected chi connectivity index (χ4v) is 7.08. The lowest BCUT2D eigenvalue weighted by atomic mass is 10.1. The minimum atomic E-state index is -0.461. The predicted molar refractivity (Wildman–Crippen MR) is 209 cm³/mol. The van der Waals surface area contributed by atoms with Gasteiger partial charge in [-0.15, -0.1) is 0 Å². The zero-order chi connectivity index (χ0) is 33.4. The van der Waals surface area contributed by atoms with Gasteiger partial charge < -0.3 is 14.9 Å². The van der Waals surface area contributed by atoms with Crippen molar-refractivity contribution < 1.29 is 0 Å². The summed E-state index contributed by atoms with van der Waals surface area (Å²) in [5.74, 6) is 0.458. The summed E-state index contributed by atoms with van der Waals surface area (Å²) in [4.78, 5) is 9.71. The predicted octanol–water partition coefficient (Wildman–Crippen LogP) is 10.4. The minimum absolute atomic E-state index is 0.458. The summed E-state index contributed by atoms with van der Waals surface area (Å²) in [5.41, 5.74) is 16.2. The van der Waals surface area contributed by atoms with Gasteiger partial charge in [-0.1, -0.05) is 127 Å². The zero-order valence-electron chi connectivity index (χ0n) is 27.3. The second-order valence-electron chi connectivity index (χ2n) is 12.5. The van der Waals surface area contributed by atoms with Gasteiger partial charge in [0, 0.05) is 44.7 Å². The molecule has 5 nitrogen and oxygen atoms in total. The summed E-state index contributed by atoms with van der Waals surface area (Å²) in [6.07, 6.45) is 1.42. The standard InChI is InChI=1S/C45H33N5/c46-44(32-13-3-1-4-14-32)48-45(33-15-5-2-6-16-33)47-30-31-23-25-34(26-24-31)49-42-22-12-9-19-38(42)39-29-35(27-28-43(39)49)50-40-20-10-7-17-36(40)37-18-8-11-21-41(37)50/h1-30,45H,(H2,46,48). The Balaban J connectivity index is 1.10. The number of rotatable bonds is 7. The lowest BCUT2D eigenvalue weighted by Gasteiger charge is -2.11. The number of aromatic nitrogens is 2. The maximum Gasteiger partial charge on any atom is 0.167 e. The molecule has 2 N–H and O–H groups in total. The van der Waals surface area contributed by atoms with E-state index in [1.54, 1.807) is 0 Å². The monoisotopic (exact) mass is 643 g/mol. The molecule has 0 aliphatic carbocycles. The number of hydrogen-bond acceptors (Lipinski definition) is 2. The molecule has 0 spiro atoms. The van der Waals surface area contributed by atoms with Crippen LogP contribution in [0, 0.1) is 0 Å². The summed E-state index contributed by atoms with van der Waals surface area (Å²) >= 11 is 0. The first-order valence-electron chi connectivity index (χ1n) is 16.8. The number of benzene rings is 7. The van der Waals surface area contributed by atoms with E-state index in [0.717, 1.165) is 39.1 Å². The molecule has 2 aromatic heterocycles. The maximum absolute atomic E-state index is 6.42. The molecular weight excluding hydrogens is 611 g/mol. The van der Waals surface area contributed by atoms with Crippen molar-refractivity contribution in [2.75, 3.05) is 0 Å². The Bertz CT molecular complexity index is 2650. The van der Waals surface area contributed by atoms with Gasteiger partial charge in [0.2, 0.25) is 0 Å². The molecule has 0 bridgehead atoms. The molecule has 0 saturated heterocycles. The van der Waals surface area contributed by atoms with Gasteiger partial charge in [-0.25, -0.2) is 4.99 Å². The molecule has 0 radical (unpaired) electrons. The van der Waals surface area contributed by atoms with Crippen molar-refractivity contribution in [2.24, 2.45) is 15.7 Å². The van der Waals surface area contributed by atoms with Gasteiger partial charge >= 0.3 is 0 Å². The molecule has 1 unspecified atom stereocenters. The number of nitrogens with zero attached hydrogens (tertiary/aromatic N) is 4. The molecule has 9 rings (SSSR count). The molecule has 2 heterocycles. The van der Waals surface area contributed by atoms with Crippen LogP contribution in [-0.4, -0.2) is 21.2 Å². The van der Waals surface area contributed by atoms with Crippen molar-refractivity contribution in [1.29, 1.82) is 0 Å². The van der Waals surface area contributed by atoms with Crippen LogP contribution in [0.5, 0.6) is 0 Å². The molecule has 1 atom stereocenters. The highest BCUT2D eigenvalue weighted by Gasteiger charge is 2.16. The van der Waals surface area contributed by atoms with Gasteiger partial charge in [0.05, 0.1) is 22.1 Å². The Labute approximate surface area is 289 Å². The molecule has 0 amide bonds. The molecule has 50 heavy (non-hydrogen) atoms. The van der Waals surface area contributed by atoms with E-state index in [1.807, 2.05) is 66.9 Å². The first kappa shape index (κ1) is 29.4. The second kappa shape index (κ2) is 12.4. The summed E-state index contributed by atoms with van der Waals surface area (Å²) in [7, 11) is 0. The number of hydrogen-bond donors (Lipinski definition) is 1. The molecule has 0 aliphatic heterocycles. The molecule has 0 fully saturated rings. The maximum atomic E-state index is 6.42. The van der Waals surface area contributed by atoms with Crippen LogP contribution in [0.25, 0.3) is 55.0 Å². The number of fused-ring (bicyclic) bond motifs is 6. The van der Waals surface area contributed by atoms with Gasteiger partial charge in [-0.2, -0.15) is 0 Å². The zero-order valence-corrected chi connectivity index (χ0v) is 27.3. The Morgan fingerprint density at radius 3 is 1.58 bits per heavy atom. The Hall–Kier alpha value is -6.72.